The van der Waals surface area contributed by atoms with E-state index in [0.717, 1.165) is 30.7 Å². The van der Waals surface area contributed by atoms with E-state index in [0.29, 0.717) is 23.8 Å². The molecule has 1 aromatic carbocycles. The van der Waals surface area contributed by atoms with Gasteiger partial charge < -0.3 is 20.1 Å². The lowest BCUT2D eigenvalue weighted by molar-refractivity contribution is 0.0525. The molecule has 1 heterocycles. The van der Waals surface area contributed by atoms with Crippen molar-refractivity contribution in [2.45, 2.75) is 32.8 Å². The predicted molar refractivity (Wildman–Crippen MR) is 90.3 cm³/mol. The summed E-state index contributed by atoms with van der Waals surface area (Å²) in [6.45, 7) is 5.55. The van der Waals surface area contributed by atoms with Crippen molar-refractivity contribution >= 4 is 29.0 Å². The Labute approximate surface area is 136 Å². The fraction of sp³-hybridized carbons (Fsp3) is 0.500. The number of esters is 1. The largest absolute Gasteiger partial charge is 0.462 e. The lowest BCUT2D eigenvalue weighted by Gasteiger charge is -2.16. The molecule has 22 heavy (non-hydrogen) atoms. The molecule has 1 fully saturated rings. The number of rotatable bonds is 5. The molecule has 0 saturated carbocycles. The van der Waals surface area contributed by atoms with E-state index in [2.05, 4.69) is 10.6 Å². The number of thiocarbonyl (C=S) groups is 1. The number of hydrogen-bond donors (Lipinski definition) is 2. The molecule has 0 spiro atoms. The molecule has 2 N–H and O–H groups in total. The van der Waals surface area contributed by atoms with Gasteiger partial charge in [0, 0.05) is 18.8 Å². The van der Waals surface area contributed by atoms with Crippen LogP contribution < -0.4 is 10.6 Å². The first kappa shape index (κ1) is 16.7. The molecule has 5 nitrogen and oxygen atoms in total. The van der Waals surface area contributed by atoms with Gasteiger partial charge in [-0.2, -0.15) is 0 Å². The summed E-state index contributed by atoms with van der Waals surface area (Å²) in [5.41, 5.74) is 2.17. The second kappa shape index (κ2) is 8.10. The third kappa shape index (κ3) is 4.42. The van der Waals surface area contributed by atoms with Gasteiger partial charge in [-0.3, -0.25) is 0 Å². The van der Waals surface area contributed by atoms with E-state index in [4.69, 9.17) is 21.7 Å². The van der Waals surface area contributed by atoms with Crippen LogP contribution in [0.3, 0.4) is 0 Å². The summed E-state index contributed by atoms with van der Waals surface area (Å²) < 4.78 is 10.6. The molecule has 0 aromatic heterocycles. The molecule has 0 radical (unpaired) electrons. The molecule has 2 rings (SSSR count). The Balaban J connectivity index is 1.95. The molecular weight excluding hydrogens is 300 g/mol. The fourth-order valence-electron chi connectivity index (χ4n) is 2.38. The summed E-state index contributed by atoms with van der Waals surface area (Å²) in [6, 6.07) is 5.45. The molecule has 1 saturated heterocycles. The van der Waals surface area contributed by atoms with Gasteiger partial charge in [-0.05, 0) is 56.6 Å². The van der Waals surface area contributed by atoms with Gasteiger partial charge in [0.15, 0.2) is 5.11 Å². The van der Waals surface area contributed by atoms with Gasteiger partial charge in [0.05, 0.1) is 18.3 Å². The zero-order chi connectivity index (χ0) is 15.9. The van der Waals surface area contributed by atoms with E-state index < -0.39 is 0 Å². The normalized spacial score (nSPS) is 17.1. The molecule has 0 aliphatic carbocycles. The Bertz CT molecular complexity index is 542. The summed E-state index contributed by atoms with van der Waals surface area (Å²) in [7, 11) is 0. The van der Waals surface area contributed by atoms with Crippen molar-refractivity contribution in [1.29, 1.82) is 0 Å². The van der Waals surface area contributed by atoms with Crippen molar-refractivity contribution in [3.8, 4) is 0 Å². The summed E-state index contributed by atoms with van der Waals surface area (Å²) >= 11 is 5.30. The number of carbonyl (C=O) groups is 1. The highest BCUT2D eigenvalue weighted by molar-refractivity contribution is 7.80. The molecule has 120 valence electrons. The molecule has 0 amide bonds. The average molecular weight is 322 g/mol. The quantitative estimate of drug-likeness (QED) is 0.642. The van der Waals surface area contributed by atoms with Crippen LogP contribution in [0.25, 0.3) is 0 Å². The lowest BCUT2D eigenvalue weighted by Crippen LogP contribution is -2.35. The first-order valence-electron chi connectivity index (χ1n) is 7.55. The topological polar surface area (TPSA) is 59.6 Å². The molecule has 6 heteroatoms. The smallest absolute Gasteiger partial charge is 0.338 e. The van der Waals surface area contributed by atoms with E-state index in [1.807, 2.05) is 19.1 Å². The van der Waals surface area contributed by atoms with Crippen molar-refractivity contribution in [3.05, 3.63) is 29.3 Å². The SMILES string of the molecule is CCOC(=O)c1cccc(NC(=S)NCC2CCCO2)c1C. The van der Waals surface area contributed by atoms with Gasteiger partial charge in [0.1, 0.15) is 0 Å². The van der Waals surface area contributed by atoms with Crippen molar-refractivity contribution in [1.82, 2.24) is 5.32 Å². The van der Waals surface area contributed by atoms with Crippen LogP contribution in [0, 0.1) is 6.92 Å². The summed E-state index contributed by atoms with van der Waals surface area (Å²) in [5, 5.41) is 6.81. The molecule has 1 unspecified atom stereocenters. The lowest BCUT2D eigenvalue weighted by atomic mass is 10.1. The summed E-state index contributed by atoms with van der Waals surface area (Å²) in [4.78, 5) is 11.9. The minimum Gasteiger partial charge on any atom is -0.462 e. The monoisotopic (exact) mass is 322 g/mol. The summed E-state index contributed by atoms with van der Waals surface area (Å²) in [5.74, 6) is -0.318. The highest BCUT2D eigenvalue weighted by Crippen LogP contribution is 2.20. The average Bonchev–Trinajstić information content (AvgIpc) is 3.01. The molecular formula is C16H22N2O3S. The Morgan fingerprint density at radius 1 is 1.50 bits per heavy atom. The zero-order valence-corrected chi connectivity index (χ0v) is 13.8. The van der Waals surface area contributed by atoms with Crippen LogP contribution in [0.15, 0.2) is 18.2 Å². The first-order valence-corrected chi connectivity index (χ1v) is 7.95. The minimum atomic E-state index is -0.318. The standard InChI is InChI=1S/C16H22N2O3S/c1-3-20-15(19)13-7-4-8-14(11(13)2)18-16(22)17-10-12-6-5-9-21-12/h4,7-8,12H,3,5-6,9-10H2,1-2H3,(H2,17,18,22). The van der Waals surface area contributed by atoms with Gasteiger partial charge in [-0.25, -0.2) is 4.79 Å². The zero-order valence-electron chi connectivity index (χ0n) is 13.0. The van der Waals surface area contributed by atoms with Crippen molar-refractivity contribution < 1.29 is 14.3 Å². The van der Waals surface area contributed by atoms with Crippen molar-refractivity contribution in [2.75, 3.05) is 25.1 Å². The molecule has 0 bridgehead atoms. The Morgan fingerprint density at radius 2 is 2.32 bits per heavy atom. The molecule has 1 aliphatic rings. The number of nitrogens with one attached hydrogen (secondary N) is 2. The van der Waals surface area contributed by atoms with Crippen LogP contribution in [-0.4, -0.2) is 36.9 Å². The minimum absolute atomic E-state index is 0.228. The predicted octanol–water partition coefficient (Wildman–Crippen LogP) is 2.64. The van der Waals surface area contributed by atoms with Crippen molar-refractivity contribution in [2.24, 2.45) is 0 Å². The van der Waals surface area contributed by atoms with E-state index in [1.54, 1.807) is 13.0 Å². The maximum Gasteiger partial charge on any atom is 0.338 e. The number of benzene rings is 1. The van der Waals surface area contributed by atoms with Crippen LogP contribution in [-0.2, 0) is 9.47 Å². The fourth-order valence-corrected chi connectivity index (χ4v) is 2.57. The number of carbonyl (C=O) groups excluding carboxylic acids is 1. The van der Waals surface area contributed by atoms with Crippen LogP contribution in [0.5, 0.6) is 0 Å². The number of anilines is 1. The number of ether oxygens (including phenoxy) is 2. The van der Waals surface area contributed by atoms with Crippen LogP contribution in [0.1, 0.15) is 35.7 Å². The van der Waals surface area contributed by atoms with E-state index >= 15 is 0 Å². The van der Waals surface area contributed by atoms with Gasteiger partial charge in [0.25, 0.3) is 0 Å². The van der Waals surface area contributed by atoms with Gasteiger partial charge >= 0.3 is 5.97 Å². The van der Waals surface area contributed by atoms with E-state index in [-0.39, 0.29) is 12.1 Å². The van der Waals surface area contributed by atoms with Crippen LogP contribution in [0.2, 0.25) is 0 Å². The first-order chi connectivity index (χ1) is 10.6. The van der Waals surface area contributed by atoms with E-state index in [9.17, 15) is 4.79 Å². The summed E-state index contributed by atoms with van der Waals surface area (Å²) in [6.07, 6.45) is 2.40. The van der Waals surface area contributed by atoms with Gasteiger partial charge in [-0.1, -0.05) is 6.07 Å². The Morgan fingerprint density at radius 3 is 3.00 bits per heavy atom. The maximum atomic E-state index is 11.9. The van der Waals surface area contributed by atoms with E-state index in [1.165, 1.54) is 0 Å². The van der Waals surface area contributed by atoms with Crippen LogP contribution >= 0.6 is 12.2 Å². The Hall–Kier alpha value is -1.66. The van der Waals surface area contributed by atoms with Gasteiger partial charge in [-0.15, -0.1) is 0 Å². The van der Waals surface area contributed by atoms with Crippen molar-refractivity contribution in [3.63, 3.8) is 0 Å². The molecule has 1 atom stereocenters. The number of hydrogen-bond acceptors (Lipinski definition) is 4. The second-order valence-electron chi connectivity index (χ2n) is 5.17. The molecule has 1 aromatic rings. The third-order valence-corrected chi connectivity index (χ3v) is 3.84. The van der Waals surface area contributed by atoms with Crippen LogP contribution in [0.4, 0.5) is 5.69 Å². The maximum absolute atomic E-state index is 11.9. The van der Waals surface area contributed by atoms with Gasteiger partial charge in [0.2, 0.25) is 0 Å². The Kier molecular flexibility index (Phi) is 6.15. The highest BCUT2D eigenvalue weighted by Gasteiger charge is 2.16. The third-order valence-electron chi connectivity index (χ3n) is 3.59. The molecule has 1 aliphatic heterocycles. The second-order valence-corrected chi connectivity index (χ2v) is 5.58. The highest BCUT2D eigenvalue weighted by atomic mass is 32.1.